The molecular formula is C23H26F2N4O2. The van der Waals surface area contributed by atoms with Crippen molar-refractivity contribution in [1.82, 2.24) is 14.7 Å². The van der Waals surface area contributed by atoms with E-state index < -0.39 is 23.7 Å². The Morgan fingerprint density at radius 3 is 2.74 bits per heavy atom. The molecule has 2 aromatic carbocycles. The monoisotopic (exact) mass is 428 g/mol. The van der Waals surface area contributed by atoms with Gasteiger partial charge in [-0.3, -0.25) is 9.69 Å². The molecule has 8 heteroatoms. The fourth-order valence-corrected chi connectivity index (χ4v) is 4.27. The number of fused-ring (bicyclic) bond motifs is 1. The number of hydrogen-bond acceptors (Lipinski definition) is 3. The summed E-state index contributed by atoms with van der Waals surface area (Å²) in [4.78, 5) is 31.5. The highest BCUT2D eigenvalue weighted by atomic mass is 19.1. The summed E-state index contributed by atoms with van der Waals surface area (Å²) in [6.45, 7) is 5.32. The Balaban J connectivity index is 1.46. The van der Waals surface area contributed by atoms with Gasteiger partial charge in [0.1, 0.15) is 17.7 Å². The van der Waals surface area contributed by atoms with E-state index >= 15 is 0 Å². The summed E-state index contributed by atoms with van der Waals surface area (Å²) in [5.74, 6) is -1.35. The fraction of sp³-hybridized carbons (Fsp3) is 0.391. The van der Waals surface area contributed by atoms with Crippen molar-refractivity contribution in [2.24, 2.45) is 0 Å². The van der Waals surface area contributed by atoms with Gasteiger partial charge in [0.05, 0.1) is 5.69 Å². The Labute approximate surface area is 180 Å². The molecule has 4 rings (SSSR count). The molecular weight excluding hydrogens is 402 g/mol. The third-order valence-electron chi connectivity index (χ3n) is 5.87. The minimum Gasteiger partial charge on any atom is -0.336 e. The molecule has 1 unspecified atom stereocenters. The normalized spacial score (nSPS) is 19.7. The predicted molar refractivity (Wildman–Crippen MR) is 114 cm³/mol. The third-order valence-corrected chi connectivity index (χ3v) is 5.87. The van der Waals surface area contributed by atoms with Crippen molar-refractivity contribution in [1.29, 1.82) is 0 Å². The van der Waals surface area contributed by atoms with Gasteiger partial charge in [-0.15, -0.1) is 0 Å². The molecule has 0 spiro atoms. The zero-order chi connectivity index (χ0) is 22.0. The van der Waals surface area contributed by atoms with Gasteiger partial charge in [0.25, 0.3) is 0 Å². The number of rotatable bonds is 3. The Morgan fingerprint density at radius 1 is 1.10 bits per heavy atom. The average molecular weight is 428 g/mol. The van der Waals surface area contributed by atoms with E-state index in [4.69, 9.17) is 0 Å². The lowest BCUT2D eigenvalue weighted by Gasteiger charge is -2.40. The van der Waals surface area contributed by atoms with E-state index in [1.807, 2.05) is 30.0 Å². The smallest absolute Gasteiger partial charge is 0.321 e. The molecule has 0 radical (unpaired) electrons. The first-order chi connectivity index (χ1) is 14.9. The first kappa shape index (κ1) is 21.2. The van der Waals surface area contributed by atoms with Crippen LogP contribution in [0.15, 0.2) is 42.5 Å². The molecule has 0 aliphatic carbocycles. The van der Waals surface area contributed by atoms with Gasteiger partial charge in [-0.25, -0.2) is 13.6 Å². The molecule has 164 valence electrons. The molecule has 3 amide bonds. The number of aryl methyl sites for hydroxylation is 1. The van der Waals surface area contributed by atoms with E-state index in [0.29, 0.717) is 32.6 Å². The van der Waals surface area contributed by atoms with E-state index in [1.54, 1.807) is 0 Å². The van der Waals surface area contributed by atoms with E-state index in [-0.39, 0.29) is 18.1 Å². The molecule has 2 aliphatic heterocycles. The van der Waals surface area contributed by atoms with Gasteiger partial charge >= 0.3 is 6.03 Å². The molecule has 2 saturated heterocycles. The Hall–Kier alpha value is -3.00. The number of hydrogen-bond donors (Lipinski definition) is 1. The number of carbonyl (C=O) groups excluding carboxylic acids is 2. The summed E-state index contributed by atoms with van der Waals surface area (Å²) in [5.41, 5.74) is 2.01. The van der Waals surface area contributed by atoms with Crippen LogP contribution in [0.3, 0.4) is 0 Å². The second kappa shape index (κ2) is 9.01. The summed E-state index contributed by atoms with van der Waals surface area (Å²) >= 11 is 0. The van der Waals surface area contributed by atoms with Crippen LogP contribution >= 0.6 is 0 Å². The fourth-order valence-electron chi connectivity index (χ4n) is 4.27. The minimum atomic E-state index is -0.704. The van der Waals surface area contributed by atoms with Gasteiger partial charge < -0.3 is 15.1 Å². The van der Waals surface area contributed by atoms with E-state index in [9.17, 15) is 18.4 Å². The minimum absolute atomic E-state index is 0.00982. The summed E-state index contributed by atoms with van der Waals surface area (Å²) in [6, 6.07) is 10.0. The topological polar surface area (TPSA) is 55.9 Å². The van der Waals surface area contributed by atoms with Crippen LogP contribution in [0.1, 0.15) is 17.5 Å². The lowest BCUT2D eigenvalue weighted by atomic mass is 10.1. The van der Waals surface area contributed by atoms with Crippen molar-refractivity contribution in [2.45, 2.75) is 25.9 Å². The number of anilines is 1. The number of halogens is 2. The van der Waals surface area contributed by atoms with Crippen LogP contribution in [0.4, 0.5) is 19.3 Å². The molecule has 31 heavy (non-hydrogen) atoms. The van der Waals surface area contributed by atoms with Crippen molar-refractivity contribution in [3.8, 4) is 0 Å². The summed E-state index contributed by atoms with van der Waals surface area (Å²) in [7, 11) is 0. The van der Waals surface area contributed by atoms with Crippen LogP contribution in [0.25, 0.3) is 0 Å². The van der Waals surface area contributed by atoms with Gasteiger partial charge in [-0.05, 0) is 31.0 Å². The molecule has 0 aromatic heterocycles. The number of carbonyl (C=O) groups is 2. The van der Waals surface area contributed by atoms with Crippen molar-refractivity contribution >= 4 is 17.6 Å². The highest BCUT2D eigenvalue weighted by Crippen LogP contribution is 2.21. The van der Waals surface area contributed by atoms with Gasteiger partial charge in [0, 0.05) is 45.3 Å². The quantitative estimate of drug-likeness (QED) is 0.817. The van der Waals surface area contributed by atoms with Crippen LogP contribution in [0.5, 0.6) is 0 Å². The average Bonchev–Trinajstić information content (AvgIpc) is 2.96. The van der Waals surface area contributed by atoms with Crippen LogP contribution in [0, 0.1) is 18.6 Å². The summed E-state index contributed by atoms with van der Waals surface area (Å²) in [6.07, 6.45) is 0.709. The molecule has 1 N–H and O–H groups in total. The van der Waals surface area contributed by atoms with Gasteiger partial charge in [-0.2, -0.15) is 0 Å². The number of nitrogens with zero attached hydrogens (tertiary/aromatic N) is 3. The van der Waals surface area contributed by atoms with Crippen LogP contribution < -0.4 is 5.32 Å². The van der Waals surface area contributed by atoms with Gasteiger partial charge in [-0.1, -0.05) is 29.8 Å². The second-order valence-electron chi connectivity index (χ2n) is 8.15. The van der Waals surface area contributed by atoms with Gasteiger partial charge in [0.15, 0.2) is 0 Å². The molecule has 2 aromatic rings. The highest BCUT2D eigenvalue weighted by molar-refractivity contribution is 5.90. The molecule has 2 fully saturated rings. The summed E-state index contributed by atoms with van der Waals surface area (Å²) in [5, 5.41) is 2.44. The van der Waals surface area contributed by atoms with Crippen LogP contribution in [-0.4, -0.2) is 65.4 Å². The largest absolute Gasteiger partial charge is 0.336 e. The van der Waals surface area contributed by atoms with Crippen molar-refractivity contribution in [3.63, 3.8) is 0 Å². The highest BCUT2D eigenvalue weighted by Gasteiger charge is 2.38. The molecule has 6 nitrogen and oxygen atoms in total. The molecule has 1 atom stereocenters. The summed E-state index contributed by atoms with van der Waals surface area (Å²) < 4.78 is 27.4. The van der Waals surface area contributed by atoms with Crippen molar-refractivity contribution in [2.75, 3.05) is 38.0 Å². The second-order valence-corrected chi connectivity index (χ2v) is 8.15. The maximum atomic E-state index is 13.9. The zero-order valence-electron chi connectivity index (χ0n) is 17.5. The molecule has 2 aliphatic rings. The Morgan fingerprint density at radius 2 is 1.94 bits per heavy atom. The third kappa shape index (κ3) is 4.85. The Bertz CT molecular complexity index is 984. The number of piperazine rings is 1. The van der Waals surface area contributed by atoms with E-state index in [1.165, 1.54) is 4.90 Å². The first-order valence-electron chi connectivity index (χ1n) is 10.5. The number of urea groups is 1. The van der Waals surface area contributed by atoms with E-state index in [2.05, 4.69) is 16.3 Å². The molecule has 2 heterocycles. The lowest BCUT2D eigenvalue weighted by Crippen LogP contribution is -2.59. The van der Waals surface area contributed by atoms with Gasteiger partial charge in [0.2, 0.25) is 5.91 Å². The Kier molecular flexibility index (Phi) is 6.18. The van der Waals surface area contributed by atoms with Crippen LogP contribution in [-0.2, 0) is 11.3 Å². The SMILES string of the molecule is Cc1cccc(CN2CCN3CCCN(C(=O)Nc4cc(F)ccc4F)CC3C2=O)c1. The standard InChI is InChI=1S/C23H26F2N4O2/c1-16-4-2-5-17(12-16)14-28-11-10-27-8-3-9-29(15-21(27)22(28)30)23(31)26-20-13-18(24)6-7-19(20)25/h2,4-7,12-13,21H,3,8-11,14-15H2,1H3,(H,26,31). The first-order valence-corrected chi connectivity index (χ1v) is 10.5. The lowest BCUT2D eigenvalue weighted by molar-refractivity contribution is -0.142. The maximum Gasteiger partial charge on any atom is 0.321 e. The number of amides is 3. The number of nitrogens with one attached hydrogen (secondary N) is 1. The van der Waals surface area contributed by atoms with E-state index in [0.717, 1.165) is 35.9 Å². The van der Waals surface area contributed by atoms with Crippen LogP contribution in [0.2, 0.25) is 0 Å². The molecule has 0 saturated carbocycles. The zero-order valence-corrected chi connectivity index (χ0v) is 17.5. The predicted octanol–water partition coefficient (Wildman–Crippen LogP) is 3.22. The van der Waals surface area contributed by atoms with Crippen molar-refractivity contribution in [3.05, 3.63) is 65.2 Å². The molecule has 0 bridgehead atoms. The van der Waals surface area contributed by atoms with Crippen molar-refractivity contribution < 1.29 is 18.4 Å². The maximum absolute atomic E-state index is 13.9. The number of benzene rings is 2.